The van der Waals surface area contributed by atoms with Crippen LogP contribution in [0.3, 0.4) is 0 Å². The van der Waals surface area contributed by atoms with Gasteiger partial charge in [0.25, 0.3) is 0 Å². The van der Waals surface area contributed by atoms with E-state index < -0.39 is 0 Å². The summed E-state index contributed by atoms with van der Waals surface area (Å²) in [6.45, 7) is 4.91. The van der Waals surface area contributed by atoms with Gasteiger partial charge in [-0.2, -0.15) is 10.4 Å². The topological polar surface area (TPSA) is 86.8 Å². The number of anilines is 1. The molecule has 0 bridgehead atoms. The van der Waals surface area contributed by atoms with Crippen LogP contribution >= 0.6 is 0 Å². The zero-order valence-electron chi connectivity index (χ0n) is 16.5. The molecular formula is C22H22N6O. The summed E-state index contributed by atoms with van der Waals surface area (Å²) >= 11 is 0. The van der Waals surface area contributed by atoms with Crippen molar-refractivity contribution in [1.82, 2.24) is 19.7 Å². The minimum Gasteiger partial charge on any atom is -0.317 e. The number of amides is 2. The van der Waals surface area contributed by atoms with E-state index >= 15 is 0 Å². The van der Waals surface area contributed by atoms with Gasteiger partial charge in [0.05, 0.1) is 29.7 Å². The lowest BCUT2D eigenvalue weighted by atomic mass is 9.94. The van der Waals surface area contributed by atoms with Crippen molar-refractivity contribution in [2.75, 3.05) is 11.9 Å². The first-order chi connectivity index (χ1) is 14.1. The second kappa shape index (κ2) is 7.76. The summed E-state index contributed by atoms with van der Waals surface area (Å²) < 4.78 is 1.50. The third-order valence-electron chi connectivity index (χ3n) is 5.35. The van der Waals surface area contributed by atoms with Crippen molar-refractivity contribution in [2.45, 2.75) is 32.7 Å². The number of pyridine rings is 1. The van der Waals surface area contributed by atoms with Crippen LogP contribution in [0.4, 0.5) is 10.5 Å². The van der Waals surface area contributed by atoms with Crippen LogP contribution in [0.5, 0.6) is 0 Å². The molecule has 146 valence electrons. The number of urea groups is 1. The van der Waals surface area contributed by atoms with Crippen LogP contribution in [0.15, 0.2) is 48.9 Å². The first-order valence-electron chi connectivity index (χ1n) is 9.62. The van der Waals surface area contributed by atoms with Gasteiger partial charge in [-0.15, -0.1) is 0 Å². The van der Waals surface area contributed by atoms with E-state index in [0.717, 1.165) is 19.4 Å². The maximum Gasteiger partial charge on any atom is 0.322 e. The molecule has 0 radical (unpaired) electrons. The molecule has 7 heteroatoms. The van der Waals surface area contributed by atoms with E-state index in [9.17, 15) is 10.1 Å². The van der Waals surface area contributed by atoms with Gasteiger partial charge in [-0.25, -0.2) is 14.5 Å². The van der Waals surface area contributed by atoms with Crippen molar-refractivity contribution in [3.63, 3.8) is 0 Å². The van der Waals surface area contributed by atoms with Crippen molar-refractivity contribution in [3.8, 4) is 11.9 Å². The summed E-state index contributed by atoms with van der Waals surface area (Å²) in [6.07, 6.45) is 6.78. The zero-order valence-corrected chi connectivity index (χ0v) is 16.5. The van der Waals surface area contributed by atoms with E-state index in [4.69, 9.17) is 0 Å². The molecule has 1 N–H and O–H groups in total. The van der Waals surface area contributed by atoms with Crippen LogP contribution in [0.1, 0.15) is 41.1 Å². The lowest BCUT2D eigenvalue weighted by molar-refractivity contribution is 0.207. The molecule has 1 aromatic carbocycles. The van der Waals surface area contributed by atoms with Crippen LogP contribution in [0, 0.1) is 25.2 Å². The Labute approximate surface area is 169 Å². The molecular weight excluding hydrogens is 364 g/mol. The average Bonchev–Trinajstić information content (AvgIpc) is 3.38. The number of carbonyl (C=O) groups is 1. The van der Waals surface area contributed by atoms with Gasteiger partial charge in [0.15, 0.2) is 5.82 Å². The molecule has 29 heavy (non-hydrogen) atoms. The van der Waals surface area contributed by atoms with Crippen molar-refractivity contribution in [1.29, 1.82) is 5.26 Å². The number of aromatic nitrogens is 3. The highest BCUT2D eigenvalue weighted by Gasteiger charge is 2.32. The van der Waals surface area contributed by atoms with E-state index in [1.165, 1.54) is 21.4 Å². The monoisotopic (exact) mass is 386 g/mol. The lowest BCUT2D eigenvalue weighted by Gasteiger charge is -2.27. The molecule has 0 spiro atoms. The van der Waals surface area contributed by atoms with E-state index in [-0.39, 0.29) is 12.1 Å². The second-order valence-electron chi connectivity index (χ2n) is 7.25. The Morgan fingerprint density at radius 2 is 2.03 bits per heavy atom. The van der Waals surface area contributed by atoms with E-state index in [1.54, 1.807) is 30.7 Å². The minimum atomic E-state index is -0.142. The molecule has 3 heterocycles. The number of likely N-dealkylation sites (tertiary alicyclic amines) is 1. The van der Waals surface area contributed by atoms with Crippen LogP contribution in [-0.4, -0.2) is 32.2 Å². The fraction of sp³-hybridized carbons (Fsp3) is 0.273. The maximum absolute atomic E-state index is 13.0. The van der Waals surface area contributed by atoms with Crippen LogP contribution in [-0.2, 0) is 0 Å². The van der Waals surface area contributed by atoms with Gasteiger partial charge in [-0.1, -0.05) is 18.2 Å². The summed E-state index contributed by atoms with van der Waals surface area (Å²) in [6, 6.07) is 11.7. The van der Waals surface area contributed by atoms with E-state index in [2.05, 4.69) is 53.5 Å². The van der Waals surface area contributed by atoms with Gasteiger partial charge in [0.1, 0.15) is 6.07 Å². The highest BCUT2D eigenvalue weighted by Crippen LogP contribution is 2.36. The number of nitriles is 1. The Kier molecular flexibility index (Phi) is 5.00. The summed E-state index contributed by atoms with van der Waals surface area (Å²) in [5, 5.41) is 16.4. The van der Waals surface area contributed by atoms with E-state index in [1.807, 2.05) is 4.90 Å². The van der Waals surface area contributed by atoms with Crippen LogP contribution in [0.2, 0.25) is 0 Å². The first kappa shape index (κ1) is 18.7. The van der Waals surface area contributed by atoms with Crippen LogP contribution < -0.4 is 5.32 Å². The number of rotatable bonds is 3. The van der Waals surface area contributed by atoms with Gasteiger partial charge in [-0.3, -0.25) is 0 Å². The summed E-state index contributed by atoms with van der Waals surface area (Å²) in [5.74, 6) is 0.435. The number of hydrogen-bond acceptors (Lipinski definition) is 4. The third kappa shape index (κ3) is 3.57. The van der Waals surface area contributed by atoms with Crippen molar-refractivity contribution < 1.29 is 4.79 Å². The normalized spacial score (nSPS) is 15.9. The van der Waals surface area contributed by atoms with Crippen molar-refractivity contribution in [3.05, 3.63) is 71.2 Å². The van der Waals surface area contributed by atoms with Crippen LogP contribution in [0.25, 0.3) is 5.82 Å². The Balaban J connectivity index is 1.54. The predicted molar refractivity (Wildman–Crippen MR) is 110 cm³/mol. The number of nitrogens with one attached hydrogen (secondary N) is 1. The Hall–Kier alpha value is -3.66. The summed E-state index contributed by atoms with van der Waals surface area (Å²) in [7, 11) is 0. The fourth-order valence-electron chi connectivity index (χ4n) is 4.03. The predicted octanol–water partition coefficient (Wildman–Crippen LogP) is 4.12. The highest BCUT2D eigenvalue weighted by atomic mass is 16.2. The largest absolute Gasteiger partial charge is 0.322 e. The van der Waals surface area contributed by atoms with E-state index in [0.29, 0.717) is 17.1 Å². The molecule has 0 saturated carbocycles. The van der Waals surface area contributed by atoms with Crippen molar-refractivity contribution >= 4 is 11.7 Å². The molecule has 0 aliphatic carbocycles. The van der Waals surface area contributed by atoms with Gasteiger partial charge in [-0.05, 0) is 55.5 Å². The Bertz CT molecular complexity index is 1080. The number of nitrogens with zero attached hydrogens (tertiary/aromatic N) is 5. The number of hydrogen-bond donors (Lipinski definition) is 1. The molecule has 1 unspecified atom stereocenters. The standard InChI is InChI=1S/C22H22N6O/c1-15-6-3-7-16(2)20(15)19-9-5-11-27(19)22(29)26-18-13-25-28(14-18)21-17(12-23)8-4-10-24-21/h3-4,6-8,10,13-14,19H,5,9,11H2,1-2H3,(H,26,29). The fourth-order valence-corrected chi connectivity index (χ4v) is 4.03. The van der Waals surface area contributed by atoms with Gasteiger partial charge >= 0.3 is 6.03 Å². The Morgan fingerprint density at radius 3 is 2.79 bits per heavy atom. The molecule has 3 aromatic rings. The minimum absolute atomic E-state index is 0.0761. The molecule has 4 rings (SSSR count). The SMILES string of the molecule is Cc1cccc(C)c1C1CCCN1C(=O)Nc1cnn(-c2ncccc2C#N)c1. The third-order valence-corrected chi connectivity index (χ3v) is 5.35. The molecule has 1 saturated heterocycles. The molecule has 2 aromatic heterocycles. The molecule has 1 aliphatic rings. The van der Waals surface area contributed by atoms with Crippen molar-refractivity contribution in [2.24, 2.45) is 0 Å². The molecule has 1 aliphatic heterocycles. The molecule has 7 nitrogen and oxygen atoms in total. The molecule has 2 amide bonds. The van der Waals surface area contributed by atoms with Gasteiger partial charge in [0, 0.05) is 12.7 Å². The molecule has 1 atom stereocenters. The maximum atomic E-state index is 13.0. The lowest BCUT2D eigenvalue weighted by Crippen LogP contribution is -2.34. The highest BCUT2D eigenvalue weighted by molar-refractivity contribution is 5.89. The number of benzene rings is 1. The summed E-state index contributed by atoms with van der Waals surface area (Å²) in [4.78, 5) is 19.1. The van der Waals surface area contributed by atoms with Gasteiger partial charge < -0.3 is 10.2 Å². The Morgan fingerprint density at radius 1 is 1.24 bits per heavy atom. The quantitative estimate of drug-likeness (QED) is 0.733. The number of aryl methyl sites for hydroxylation is 2. The average molecular weight is 386 g/mol. The number of carbonyl (C=O) groups excluding carboxylic acids is 1. The first-order valence-corrected chi connectivity index (χ1v) is 9.62. The van der Waals surface area contributed by atoms with Gasteiger partial charge in [0.2, 0.25) is 0 Å². The summed E-state index contributed by atoms with van der Waals surface area (Å²) in [5.41, 5.74) is 4.64. The smallest absolute Gasteiger partial charge is 0.317 e. The second-order valence-corrected chi connectivity index (χ2v) is 7.25. The molecule has 1 fully saturated rings. The zero-order chi connectivity index (χ0) is 20.4.